The van der Waals surface area contributed by atoms with Gasteiger partial charge in [-0.25, -0.2) is 22.8 Å². The molecule has 0 amide bonds. The largest absolute Gasteiger partial charge is 0.460 e. The summed E-state index contributed by atoms with van der Waals surface area (Å²) in [7, 11) is 0. The molecule has 2 fully saturated rings. The summed E-state index contributed by atoms with van der Waals surface area (Å²) in [5.74, 6) is -1.49. The van der Waals surface area contributed by atoms with Crippen LogP contribution in [0.15, 0.2) is 18.2 Å². The Bertz CT molecular complexity index is 860. The smallest absolute Gasteiger partial charge is 0.340 e. The van der Waals surface area contributed by atoms with E-state index in [0.29, 0.717) is 56.9 Å². The fraction of sp³-hybridized carbons (Fsp3) is 0.733. The molecule has 2 atom stereocenters. The van der Waals surface area contributed by atoms with Gasteiger partial charge in [-0.1, -0.05) is 51.7 Å². The summed E-state index contributed by atoms with van der Waals surface area (Å²) in [4.78, 5) is 23.9. The number of carbonyl (C=O) groups is 2. The minimum absolute atomic E-state index is 0.0572. The molecule has 2 saturated carbocycles. The van der Waals surface area contributed by atoms with Crippen LogP contribution in [0.2, 0.25) is 0 Å². The summed E-state index contributed by atoms with van der Waals surface area (Å²) in [6, 6.07) is 5.49. The van der Waals surface area contributed by atoms with Gasteiger partial charge in [0, 0.05) is 0 Å². The highest BCUT2D eigenvalue weighted by Crippen LogP contribution is 2.39. The van der Waals surface area contributed by atoms with Gasteiger partial charge in [0.15, 0.2) is 12.3 Å². The van der Waals surface area contributed by atoms with Crippen LogP contribution in [0.3, 0.4) is 0 Å². The Hall–Kier alpha value is -2.05. The molecule has 0 N–H and O–H groups in total. The molecule has 0 unspecified atom stereocenters. The molecule has 0 spiro atoms. The van der Waals surface area contributed by atoms with Crippen LogP contribution in [0.1, 0.15) is 127 Å². The van der Waals surface area contributed by atoms with Crippen LogP contribution < -0.4 is 0 Å². The van der Waals surface area contributed by atoms with Crippen molar-refractivity contribution in [2.45, 2.75) is 140 Å². The van der Waals surface area contributed by atoms with Crippen molar-refractivity contribution in [3.63, 3.8) is 0 Å². The van der Waals surface area contributed by atoms with E-state index in [1.165, 1.54) is 0 Å². The molecule has 2 aliphatic carbocycles. The van der Waals surface area contributed by atoms with Crippen molar-refractivity contribution in [3.05, 3.63) is 35.1 Å². The maximum absolute atomic E-state index is 15.1. The van der Waals surface area contributed by atoms with Crippen molar-refractivity contribution in [2.75, 3.05) is 0 Å². The SMILES string of the molecule is CCCC[C@H](F)C(=O)O[C@H]1CC[C@H](c2ccc([C@H]3CC[C@H](OC(=O)[C@@H](F)CCCC)CC3)c(F)c2)CC1. The van der Waals surface area contributed by atoms with Gasteiger partial charge in [0.1, 0.15) is 18.0 Å². The van der Waals surface area contributed by atoms with E-state index in [-0.39, 0.29) is 42.7 Å². The van der Waals surface area contributed by atoms with Gasteiger partial charge in [0.05, 0.1) is 0 Å². The van der Waals surface area contributed by atoms with Crippen LogP contribution in [-0.2, 0) is 19.1 Å². The highest BCUT2D eigenvalue weighted by atomic mass is 19.1. The molecule has 4 nitrogen and oxygen atoms in total. The third-order valence-electron chi connectivity index (χ3n) is 7.98. The zero-order chi connectivity index (χ0) is 26.8. The van der Waals surface area contributed by atoms with Crippen molar-refractivity contribution >= 4 is 11.9 Å². The number of carbonyl (C=O) groups excluding carboxylic acids is 2. The molecule has 1 aromatic rings. The van der Waals surface area contributed by atoms with Gasteiger partial charge in [-0.3, -0.25) is 0 Å². The summed E-state index contributed by atoms with van der Waals surface area (Å²) >= 11 is 0. The van der Waals surface area contributed by atoms with E-state index in [1.807, 2.05) is 26.0 Å². The number of halogens is 3. The molecular formula is C30H43F3O4. The predicted octanol–water partition coefficient (Wildman–Crippen LogP) is 8.02. The molecule has 2 aliphatic rings. The zero-order valence-electron chi connectivity index (χ0n) is 22.4. The summed E-state index contributed by atoms with van der Waals surface area (Å²) in [5.41, 5.74) is 1.63. The van der Waals surface area contributed by atoms with E-state index in [0.717, 1.165) is 31.2 Å². The third-order valence-corrected chi connectivity index (χ3v) is 7.98. The monoisotopic (exact) mass is 524 g/mol. The fourth-order valence-electron chi connectivity index (χ4n) is 5.61. The summed E-state index contributed by atoms with van der Waals surface area (Å²) in [5, 5.41) is 0. The maximum Gasteiger partial charge on any atom is 0.340 e. The molecule has 0 radical (unpaired) electrons. The first-order valence-corrected chi connectivity index (χ1v) is 14.3. The molecule has 7 heteroatoms. The van der Waals surface area contributed by atoms with Crippen LogP contribution >= 0.6 is 0 Å². The first kappa shape index (κ1) is 29.5. The number of unbranched alkanes of at least 4 members (excludes halogenated alkanes) is 2. The number of hydrogen-bond acceptors (Lipinski definition) is 4. The number of esters is 2. The molecular weight excluding hydrogens is 481 g/mol. The number of hydrogen-bond donors (Lipinski definition) is 0. The number of alkyl halides is 2. The van der Waals surface area contributed by atoms with Crippen LogP contribution in [0.4, 0.5) is 13.2 Å². The van der Waals surface area contributed by atoms with Crippen molar-refractivity contribution in [1.29, 1.82) is 0 Å². The molecule has 37 heavy (non-hydrogen) atoms. The zero-order valence-corrected chi connectivity index (χ0v) is 22.4. The van der Waals surface area contributed by atoms with Crippen LogP contribution in [-0.4, -0.2) is 36.5 Å². The molecule has 1 aromatic carbocycles. The van der Waals surface area contributed by atoms with Crippen LogP contribution in [0.5, 0.6) is 0 Å². The van der Waals surface area contributed by atoms with E-state index in [4.69, 9.17) is 9.47 Å². The lowest BCUT2D eigenvalue weighted by molar-refractivity contribution is -0.157. The summed E-state index contributed by atoms with van der Waals surface area (Å²) in [6.07, 6.45) is 5.20. The average Bonchev–Trinajstić information content (AvgIpc) is 2.91. The van der Waals surface area contributed by atoms with Gasteiger partial charge in [-0.2, -0.15) is 0 Å². The molecule has 0 heterocycles. The molecule has 3 rings (SSSR count). The highest BCUT2D eigenvalue weighted by molar-refractivity contribution is 5.75. The summed E-state index contributed by atoms with van der Waals surface area (Å²) < 4.78 is 53.7. The fourth-order valence-corrected chi connectivity index (χ4v) is 5.61. The second-order valence-corrected chi connectivity index (χ2v) is 10.8. The molecule has 0 saturated heterocycles. The molecule has 0 bridgehead atoms. The van der Waals surface area contributed by atoms with Crippen molar-refractivity contribution in [3.8, 4) is 0 Å². The molecule has 0 aromatic heterocycles. The summed E-state index contributed by atoms with van der Waals surface area (Å²) in [6.45, 7) is 3.91. The number of benzene rings is 1. The van der Waals surface area contributed by atoms with Crippen molar-refractivity contribution < 1.29 is 32.2 Å². The molecule has 0 aliphatic heterocycles. The van der Waals surface area contributed by atoms with E-state index >= 15 is 4.39 Å². The van der Waals surface area contributed by atoms with Gasteiger partial charge < -0.3 is 9.47 Å². The van der Waals surface area contributed by atoms with Crippen LogP contribution in [0, 0.1) is 5.82 Å². The van der Waals surface area contributed by atoms with Crippen molar-refractivity contribution in [1.82, 2.24) is 0 Å². The van der Waals surface area contributed by atoms with Crippen LogP contribution in [0.25, 0.3) is 0 Å². The van der Waals surface area contributed by atoms with Gasteiger partial charge >= 0.3 is 11.9 Å². The lowest BCUT2D eigenvalue weighted by atomic mass is 9.79. The number of rotatable bonds is 12. The van der Waals surface area contributed by atoms with Gasteiger partial charge in [-0.05, 0) is 93.2 Å². The standard InChI is InChI=1S/C30H43F3O4/c1-3-5-7-26(31)29(34)36-23-14-9-20(10-15-23)22-13-18-25(28(33)19-22)21-11-16-24(17-12-21)37-30(35)27(32)8-6-4-2/h13,18-21,23-24,26-27H,3-12,14-17H2,1-2H3/t20-,21-,23-,24-,26-,27-/m0/s1. The van der Waals surface area contributed by atoms with E-state index in [9.17, 15) is 18.4 Å². The van der Waals surface area contributed by atoms with Gasteiger partial charge in [0.2, 0.25) is 0 Å². The second kappa shape index (κ2) is 14.8. The predicted molar refractivity (Wildman–Crippen MR) is 137 cm³/mol. The van der Waals surface area contributed by atoms with Crippen molar-refractivity contribution in [2.24, 2.45) is 0 Å². The van der Waals surface area contributed by atoms with E-state index < -0.39 is 24.3 Å². The normalized spacial score (nSPS) is 25.8. The van der Waals surface area contributed by atoms with Gasteiger partial charge in [-0.15, -0.1) is 0 Å². The minimum atomic E-state index is -1.56. The number of ether oxygens (including phenoxy) is 2. The lowest BCUT2D eigenvalue weighted by Gasteiger charge is -2.30. The second-order valence-electron chi connectivity index (χ2n) is 10.8. The van der Waals surface area contributed by atoms with Gasteiger partial charge in [0.25, 0.3) is 0 Å². The first-order chi connectivity index (χ1) is 17.8. The Morgan fingerprint density at radius 1 is 0.784 bits per heavy atom. The average molecular weight is 525 g/mol. The minimum Gasteiger partial charge on any atom is -0.460 e. The maximum atomic E-state index is 15.1. The van der Waals surface area contributed by atoms with E-state index in [1.54, 1.807) is 6.07 Å². The first-order valence-electron chi connectivity index (χ1n) is 14.3. The Labute approximate surface area is 219 Å². The molecule has 208 valence electrons. The quantitative estimate of drug-likeness (QED) is 0.260. The highest BCUT2D eigenvalue weighted by Gasteiger charge is 2.31. The van der Waals surface area contributed by atoms with E-state index in [2.05, 4.69) is 0 Å². The Morgan fingerprint density at radius 3 is 1.68 bits per heavy atom. The lowest BCUT2D eigenvalue weighted by Crippen LogP contribution is -2.29. The topological polar surface area (TPSA) is 52.6 Å². The Balaban J connectivity index is 1.45. The Morgan fingerprint density at radius 2 is 1.24 bits per heavy atom. The Kier molecular flexibility index (Phi) is 11.8. The third kappa shape index (κ3) is 8.75.